The lowest BCUT2D eigenvalue weighted by Gasteiger charge is -2.01. The predicted octanol–water partition coefficient (Wildman–Crippen LogP) is 4.38. The fourth-order valence-corrected chi connectivity index (χ4v) is 3.79. The van der Waals surface area contributed by atoms with E-state index in [0.717, 1.165) is 32.0 Å². The number of Topliss-reactive ketones (excluding diaryl/α,β-unsaturated/α-hetero) is 1. The molecule has 0 radical (unpaired) electrons. The first-order valence-electron chi connectivity index (χ1n) is 6.63. The van der Waals surface area contributed by atoms with Crippen LogP contribution in [0.15, 0.2) is 49.1 Å². The molecule has 21 heavy (non-hydrogen) atoms. The minimum Gasteiger partial charge on any atom is -0.294 e. The maximum atomic E-state index is 12.1. The first-order chi connectivity index (χ1) is 10.2. The third kappa shape index (κ3) is 2.50. The van der Waals surface area contributed by atoms with Crippen molar-refractivity contribution in [2.45, 2.75) is 13.8 Å². The second-order valence-corrected chi connectivity index (χ2v) is 5.81. The Balaban J connectivity index is 2.24. The van der Waals surface area contributed by atoms with E-state index >= 15 is 0 Å². The van der Waals surface area contributed by atoms with Crippen LogP contribution in [0.4, 0.5) is 0 Å². The van der Waals surface area contributed by atoms with Gasteiger partial charge in [-0.3, -0.25) is 14.8 Å². The zero-order valence-corrected chi connectivity index (χ0v) is 12.6. The zero-order valence-electron chi connectivity index (χ0n) is 11.8. The topological polar surface area (TPSA) is 42.9 Å². The minimum atomic E-state index is 0.0934. The van der Waals surface area contributed by atoms with Gasteiger partial charge in [-0.1, -0.05) is 0 Å². The third-order valence-electron chi connectivity index (χ3n) is 3.38. The molecular formula is C17H14N2OS. The molecule has 0 spiro atoms. The molecule has 3 nitrogen and oxygen atoms in total. The maximum Gasteiger partial charge on any atom is 0.161 e. The van der Waals surface area contributed by atoms with E-state index in [-0.39, 0.29) is 5.78 Å². The summed E-state index contributed by atoms with van der Waals surface area (Å²) in [5.74, 6) is 0.0934. The van der Waals surface area contributed by atoms with Crippen molar-refractivity contribution >= 4 is 17.1 Å². The molecule has 0 saturated carbocycles. The third-order valence-corrected chi connectivity index (χ3v) is 4.77. The molecule has 0 aliphatic carbocycles. The van der Waals surface area contributed by atoms with Crippen LogP contribution in [0.3, 0.4) is 0 Å². The van der Waals surface area contributed by atoms with Crippen LogP contribution < -0.4 is 0 Å². The summed E-state index contributed by atoms with van der Waals surface area (Å²) in [5, 5.41) is 0. The molecule has 0 N–H and O–H groups in total. The van der Waals surface area contributed by atoms with Gasteiger partial charge in [0.15, 0.2) is 5.78 Å². The molecule has 0 unspecified atom stereocenters. The number of aromatic nitrogens is 2. The normalized spacial score (nSPS) is 10.6. The molecule has 0 aliphatic heterocycles. The monoisotopic (exact) mass is 294 g/mol. The molecule has 104 valence electrons. The molecule has 3 aromatic heterocycles. The van der Waals surface area contributed by atoms with Crippen molar-refractivity contribution in [2.24, 2.45) is 0 Å². The number of ketones is 1. The Morgan fingerprint density at radius 1 is 0.905 bits per heavy atom. The summed E-state index contributed by atoms with van der Waals surface area (Å²) in [6.45, 7) is 3.63. The molecule has 3 heterocycles. The van der Waals surface area contributed by atoms with E-state index in [1.165, 1.54) is 0 Å². The van der Waals surface area contributed by atoms with Gasteiger partial charge in [-0.25, -0.2) is 0 Å². The molecular weight excluding hydrogens is 280 g/mol. The Labute approximate surface area is 127 Å². The van der Waals surface area contributed by atoms with E-state index in [2.05, 4.69) is 9.97 Å². The number of nitrogens with zero attached hydrogens (tertiary/aromatic N) is 2. The van der Waals surface area contributed by atoms with E-state index < -0.39 is 0 Å². The fraction of sp³-hybridized carbons (Fsp3) is 0.118. The highest BCUT2D eigenvalue weighted by atomic mass is 32.1. The van der Waals surface area contributed by atoms with Crippen LogP contribution in [0, 0.1) is 6.92 Å². The van der Waals surface area contributed by atoms with Crippen LogP contribution in [0.5, 0.6) is 0 Å². The first-order valence-corrected chi connectivity index (χ1v) is 7.45. The summed E-state index contributed by atoms with van der Waals surface area (Å²) < 4.78 is 0. The van der Waals surface area contributed by atoms with E-state index in [9.17, 15) is 4.79 Å². The smallest absolute Gasteiger partial charge is 0.161 e. The van der Waals surface area contributed by atoms with E-state index in [1.807, 2.05) is 31.2 Å². The van der Waals surface area contributed by atoms with Gasteiger partial charge in [0.1, 0.15) is 0 Å². The van der Waals surface area contributed by atoms with Gasteiger partial charge in [-0.2, -0.15) is 0 Å². The summed E-state index contributed by atoms with van der Waals surface area (Å²) in [6.07, 6.45) is 7.04. The highest BCUT2D eigenvalue weighted by molar-refractivity contribution is 7.19. The molecule has 3 aromatic rings. The van der Waals surface area contributed by atoms with Crippen LogP contribution in [0.2, 0.25) is 0 Å². The lowest BCUT2D eigenvalue weighted by atomic mass is 10.0. The fourth-order valence-electron chi connectivity index (χ4n) is 2.42. The van der Waals surface area contributed by atoms with Crippen molar-refractivity contribution in [3.8, 4) is 20.9 Å². The largest absolute Gasteiger partial charge is 0.294 e. The van der Waals surface area contributed by atoms with Gasteiger partial charge in [0.05, 0.1) is 0 Å². The Bertz CT molecular complexity index is 779. The maximum absolute atomic E-state index is 12.1. The molecule has 0 atom stereocenters. The van der Waals surface area contributed by atoms with Gasteiger partial charge >= 0.3 is 0 Å². The van der Waals surface area contributed by atoms with Crippen molar-refractivity contribution in [3.63, 3.8) is 0 Å². The summed E-state index contributed by atoms with van der Waals surface area (Å²) in [5.41, 5.74) is 3.96. The molecule has 4 heteroatoms. The van der Waals surface area contributed by atoms with Gasteiger partial charge in [-0.15, -0.1) is 11.3 Å². The molecule has 0 aromatic carbocycles. The molecule has 0 saturated heterocycles. The van der Waals surface area contributed by atoms with Crippen molar-refractivity contribution in [1.82, 2.24) is 9.97 Å². The molecule has 0 fully saturated rings. The van der Waals surface area contributed by atoms with Crippen LogP contribution >= 0.6 is 11.3 Å². The highest BCUT2D eigenvalue weighted by Gasteiger charge is 2.20. The number of carbonyl (C=O) groups is 1. The number of hydrogen-bond donors (Lipinski definition) is 0. The number of thiophene rings is 1. The average molecular weight is 294 g/mol. The summed E-state index contributed by atoms with van der Waals surface area (Å²) in [6, 6.07) is 7.82. The summed E-state index contributed by atoms with van der Waals surface area (Å²) in [7, 11) is 0. The zero-order chi connectivity index (χ0) is 14.8. The van der Waals surface area contributed by atoms with Crippen molar-refractivity contribution < 1.29 is 4.79 Å². The van der Waals surface area contributed by atoms with Crippen LogP contribution in [0.25, 0.3) is 20.9 Å². The number of hydrogen-bond acceptors (Lipinski definition) is 4. The summed E-state index contributed by atoms with van der Waals surface area (Å²) >= 11 is 1.64. The minimum absolute atomic E-state index is 0.0934. The molecule has 0 aliphatic rings. The standard InChI is InChI=1S/C17H14N2OS/c1-11-15(12(2)20)17(14-5-9-19-10-6-14)21-16(11)13-3-7-18-8-4-13/h3-10H,1-2H3. The highest BCUT2D eigenvalue weighted by Crippen LogP contribution is 2.41. The summed E-state index contributed by atoms with van der Waals surface area (Å²) in [4.78, 5) is 22.3. The van der Waals surface area contributed by atoms with Crippen LogP contribution in [0.1, 0.15) is 22.8 Å². The van der Waals surface area contributed by atoms with Gasteiger partial charge < -0.3 is 0 Å². The number of pyridine rings is 2. The van der Waals surface area contributed by atoms with Crippen molar-refractivity contribution in [2.75, 3.05) is 0 Å². The van der Waals surface area contributed by atoms with Crippen molar-refractivity contribution in [1.29, 1.82) is 0 Å². The van der Waals surface area contributed by atoms with E-state index in [1.54, 1.807) is 43.0 Å². The first kappa shape index (κ1) is 13.6. The Kier molecular flexibility index (Phi) is 3.62. The lowest BCUT2D eigenvalue weighted by molar-refractivity contribution is 0.101. The van der Waals surface area contributed by atoms with Gasteiger partial charge in [0.2, 0.25) is 0 Å². The Morgan fingerprint density at radius 2 is 1.38 bits per heavy atom. The predicted molar refractivity (Wildman–Crippen MR) is 85.5 cm³/mol. The van der Waals surface area contributed by atoms with E-state index in [4.69, 9.17) is 0 Å². The Morgan fingerprint density at radius 3 is 1.86 bits per heavy atom. The van der Waals surface area contributed by atoms with E-state index in [0.29, 0.717) is 0 Å². The Hall–Kier alpha value is -2.33. The lowest BCUT2D eigenvalue weighted by Crippen LogP contribution is -1.95. The molecule has 0 amide bonds. The van der Waals surface area contributed by atoms with Crippen LogP contribution in [-0.2, 0) is 0 Å². The molecule has 0 bridgehead atoms. The van der Waals surface area contributed by atoms with Gasteiger partial charge in [0, 0.05) is 40.1 Å². The average Bonchev–Trinajstić information content (AvgIpc) is 2.87. The van der Waals surface area contributed by atoms with Crippen LogP contribution in [-0.4, -0.2) is 15.8 Å². The number of rotatable bonds is 3. The van der Waals surface area contributed by atoms with Gasteiger partial charge in [-0.05, 0) is 54.8 Å². The van der Waals surface area contributed by atoms with Crippen molar-refractivity contribution in [3.05, 3.63) is 60.2 Å². The SMILES string of the molecule is CC(=O)c1c(-c2ccncc2)sc(-c2ccncc2)c1C. The number of carbonyl (C=O) groups excluding carboxylic acids is 1. The second kappa shape index (κ2) is 5.58. The molecule has 3 rings (SSSR count). The second-order valence-electron chi connectivity index (χ2n) is 4.79. The quantitative estimate of drug-likeness (QED) is 0.673. The van der Waals surface area contributed by atoms with Gasteiger partial charge in [0.25, 0.3) is 0 Å².